The molecule has 1 aromatic heterocycles. The van der Waals surface area contributed by atoms with Gasteiger partial charge in [0.2, 0.25) is 5.88 Å². The van der Waals surface area contributed by atoms with Crippen molar-refractivity contribution in [3.8, 4) is 11.6 Å². The Morgan fingerprint density at radius 1 is 1.12 bits per heavy atom. The summed E-state index contributed by atoms with van der Waals surface area (Å²) < 4.78 is 9.96. The molecule has 8 heteroatoms. The van der Waals surface area contributed by atoms with Crippen LogP contribution in [0.2, 0.25) is 0 Å². The fourth-order valence-electron chi connectivity index (χ4n) is 1.92. The molecular formula is C16H17N3O5. The van der Waals surface area contributed by atoms with E-state index in [1.807, 2.05) is 0 Å². The number of benzene rings is 1. The number of amides is 1. The highest BCUT2D eigenvalue weighted by Gasteiger charge is 2.14. The van der Waals surface area contributed by atoms with Gasteiger partial charge in [0.15, 0.2) is 12.3 Å². The monoisotopic (exact) mass is 331 g/mol. The minimum Gasteiger partial charge on any atom is -0.482 e. The number of nitrogens with zero attached hydrogens (tertiary/aromatic N) is 3. The number of hydrogen-bond donors (Lipinski definition) is 1. The average Bonchev–Trinajstić information content (AvgIpc) is 2.60. The Morgan fingerprint density at radius 3 is 2.38 bits per heavy atom. The van der Waals surface area contributed by atoms with Crippen molar-refractivity contribution < 1.29 is 24.2 Å². The van der Waals surface area contributed by atoms with Gasteiger partial charge in [-0.15, -0.1) is 10.2 Å². The van der Waals surface area contributed by atoms with E-state index in [1.165, 1.54) is 12.0 Å². The number of aromatic nitrogens is 2. The number of methoxy groups -OCH3 is 1. The number of carbonyl (C=O) groups excluding carboxylic acids is 1. The average molecular weight is 331 g/mol. The molecule has 0 aliphatic heterocycles. The van der Waals surface area contributed by atoms with Crippen LogP contribution in [-0.4, -0.2) is 52.8 Å². The number of aliphatic carboxylic acids is 1. The largest absolute Gasteiger partial charge is 0.482 e. The Hall–Kier alpha value is -3.16. The van der Waals surface area contributed by atoms with E-state index in [0.29, 0.717) is 18.2 Å². The summed E-state index contributed by atoms with van der Waals surface area (Å²) in [5, 5.41) is 16.2. The van der Waals surface area contributed by atoms with Crippen LogP contribution in [0.1, 0.15) is 16.1 Å². The lowest BCUT2D eigenvalue weighted by Crippen LogP contribution is -2.27. The predicted molar refractivity (Wildman–Crippen MR) is 84.0 cm³/mol. The van der Waals surface area contributed by atoms with E-state index in [-0.39, 0.29) is 11.6 Å². The van der Waals surface area contributed by atoms with Gasteiger partial charge in [-0.2, -0.15) is 0 Å². The molecule has 2 rings (SSSR count). The molecule has 1 amide bonds. The molecule has 0 radical (unpaired) electrons. The van der Waals surface area contributed by atoms with Crippen molar-refractivity contribution >= 4 is 11.9 Å². The van der Waals surface area contributed by atoms with Gasteiger partial charge in [0.25, 0.3) is 5.91 Å². The van der Waals surface area contributed by atoms with Gasteiger partial charge in [0.1, 0.15) is 5.75 Å². The van der Waals surface area contributed by atoms with Crippen LogP contribution in [0.4, 0.5) is 0 Å². The van der Waals surface area contributed by atoms with Crippen LogP contribution in [0, 0.1) is 0 Å². The third-order valence-electron chi connectivity index (χ3n) is 3.12. The second-order valence-electron chi connectivity index (χ2n) is 4.95. The SMILES string of the molecule is COc1ccc(C(=O)N(C)Cc2ccc(OCC(=O)O)cc2)nn1. The van der Waals surface area contributed by atoms with E-state index in [1.54, 1.807) is 43.4 Å². The number of carboxylic acid groups (broad SMARTS) is 1. The molecule has 0 unspecified atom stereocenters. The third-order valence-corrected chi connectivity index (χ3v) is 3.12. The van der Waals surface area contributed by atoms with Crippen LogP contribution in [0.25, 0.3) is 0 Å². The Kier molecular flexibility index (Phi) is 5.67. The van der Waals surface area contributed by atoms with Crippen molar-refractivity contribution in [2.45, 2.75) is 6.54 Å². The van der Waals surface area contributed by atoms with Crippen LogP contribution < -0.4 is 9.47 Å². The highest BCUT2D eigenvalue weighted by molar-refractivity contribution is 5.91. The molecule has 1 aromatic carbocycles. The molecule has 0 fully saturated rings. The van der Waals surface area contributed by atoms with Gasteiger partial charge < -0.3 is 19.5 Å². The van der Waals surface area contributed by atoms with E-state index in [4.69, 9.17) is 14.6 Å². The molecule has 24 heavy (non-hydrogen) atoms. The second kappa shape index (κ2) is 7.91. The third kappa shape index (κ3) is 4.67. The number of carbonyl (C=O) groups is 2. The number of carboxylic acids is 1. The lowest BCUT2D eigenvalue weighted by Gasteiger charge is -2.16. The smallest absolute Gasteiger partial charge is 0.341 e. The fourth-order valence-corrected chi connectivity index (χ4v) is 1.92. The van der Waals surface area contributed by atoms with Gasteiger partial charge in [-0.1, -0.05) is 12.1 Å². The van der Waals surface area contributed by atoms with E-state index < -0.39 is 12.6 Å². The zero-order valence-corrected chi connectivity index (χ0v) is 13.3. The Labute approximate surface area is 138 Å². The van der Waals surface area contributed by atoms with Gasteiger partial charge in [0, 0.05) is 19.7 Å². The quantitative estimate of drug-likeness (QED) is 0.814. The number of rotatable bonds is 7. The van der Waals surface area contributed by atoms with E-state index in [0.717, 1.165) is 5.56 Å². The summed E-state index contributed by atoms with van der Waals surface area (Å²) in [5.74, 6) is -0.510. The van der Waals surface area contributed by atoms with Gasteiger partial charge in [-0.05, 0) is 23.8 Å². The minimum absolute atomic E-state index is 0.222. The standard InChI is InChI=1S/C16H17N3O5/c1-19(16(22)13-7-8-14(23-2)18-17-13)9-11-3-5-12(6-4-11)24-10-15(20)21/h3-8H,9-10H2,1-2H3,(H,20,21). The van der Waals surface area contributed by atoms with Crippen LogP contribution in [0.5, 0.6) is 11.6 Å². The Balaban J connectivity index is 1.96. The first-order valence-electron chi connectivity index (χ1n) is 7.06. The molecule has 2 aromatic rings. The molecule has 126 valence electrons. The molecule has 0 aliphatic rings. The first-order valence-corrected chi connectivity index (χ1v) is 7.06. The molecule has 0 bridgehead atoms. The summed E-state index contributed by atoms with van der Waals surface area (Å²) in [6, 6.07) is 9.96. The lowest BCUT2D eigenvalue weighted by molar-refractivity contribution is -0.139. The van der Waals surface area contributed by atoms with Crippen molar-refractivity contribution in [1.29, 1.82) is 0 Å². The molecule has 0 aliphatic carbocycles. The second-order valence-corrected chi connectivity index (χ2v) is 4.95. The predicted octanol–water partition coefficient (Wildman–Crippen LogP) is 1.22. The molecule has 0 spiro atoms. The van der Waals surface area contributed by atoms with Crippen LogP contribution in [0.15, 0.2) is 36.4 Å². The topological polar surface area (TPSA) is 102 Å². The minimum atomic E-state index is -1.04. The van der Waals surface area contributed by atoms with Gasteiger partial charge >= 0.3 is 5.97 Å². The summed E-state index contributed by atoms with van der Waals surface area (Å²) in [6.07, 6.45) is 0. The number of ether oxygens (including phenoxy) is 2. The maximum Gasteiger partial charge on any atom is 0.341 e. The Bertz CT molecular complexity index is 701. The Morgan fingerprint density at radius 2 is 1.83 bits per heavy atom. The van der Waals surface area contributed by atoms with Crippen molar-refractivity contribution in [2.75, 3.05) is 20.8 Å². The van der Waals surface area contributed by atoms with Crippen molar-refractivity contribution in [3.63, 3.8) is 0 Å². The highest BCUT2D eigenvalue weighted by Crippen LogP contribution is 2.14. The van der Waals surface area contributed by atoms with Crippen LogP contribution >= 0.6 is 0 Å². The summed E-state index contributed by atoms with van der Waals surface area (Å²) >= 11 is 0. The summed E-state index contributed by atoms with van der Waals surface area (Å²) in [6.45, 7) is -0.0281. The van der Waals surface area contributed by atoms with Gasteiger partial charge in [-0.3, -0.25) is 4.79 Å². The first-order chi connectivity index (χ1) is 11.5. The first kappa shape index (κ1) is 17.2. The molecular weight excluding hydrogens is 314 g/mol. The molecule has 0 saturated carbocycles. The molecule has 1 N–H and O–H groups in total. The highest BCUT2D eigenvalue weighted by atomic mass is 16.5. The fraction of sp³-hybridized carbons (Fsp3) is 0.250. The normalized spacial score (nSPS) is 10.1. The lowest BCUT2D eigenvalue weighted by atomic mass is 10.2. The molecule has 1 heterocycles. The zero-order valence-electron chi connectivity index (χ0n) is 13.3. The van der Waals surface area contributed by atoms with Crippen LogP contribution in [-0.2, 0) is 11.3 Å². The van der Waals surface area contributed by atoms with Gasteiger partial charge in [0.05, 0.1) is 7.11 Å². The maximum absolute atomic E-state index is 12.3. The molecule has 0 atom stereocenters. The number of hydrogen-bond acceptors (Lipinski definition) is 6. The van der Waals surface area contributed by atoms with Crippen molar-refractivity contribution in [3.05, 3.63) is 47.7 Å². The van der Waals surface area contributed by atoms with Gasteiger partial charge in [-0.25, -0.2) is 4.79 Å². The van der Waals surface area contributed by atoms with Crippen molar-refractivity contribution in [1.82, 2.24) is 15.1 Å². The molecule has 0 saturated heterocycles. The zero-order chi connectivity index (χ0) is 17.5. The van der Waals surface area contributed by atoms with E-state index in [9.17, 15) is 9.59 Å². The van der Waals surface area contributed by atoms with Crippen LogP contribution in [0.3, 0.4) is 0 Å². The summed E-state index contributed by atoms with van der Waals surface area (Å²) in [5.41, 5.74) is 1.09. The summed E-state index contributed by atoms with van der Waals surface area (Å²) in [7, 11) is 3.13. The van der Waals surface area contributed by atoms with Crippen molar-refractivity contribution in [2.24, 2.45) is 0 Å². The van der Waals surface area contributed by atoms with E-state index >= 15 is 0 Å². The van der Waals surface area contributed by atoms with E-state index in [2.05, 4.69) is 10.2 Å². The molecule has 8 nitrogen and oxygen atoms in total. The maximum atomic E-state index is 12.3. The summed E-state index contributed by atoms with van der Waals surface area (Å²) in [4.78, 5) is 24.2.